The quantitative estimate of drug-likeness (QED) is 0.698. The lowest BCUT2D eigenvalue weighted by molar-refractivity contribution is -0.132. The highest BCUT2D eigenvalue weighted by molar-refractivity contribution is 5.94. The van der Waals surface area contributed by atoms with Crippen molar-refractivity contribution in [1.82, 2.24) is 9.47 Å². The molecule has 3 aromatic rings. The Hall–Kier alpha value is -3.39. The summed E-state index contributed by atoms with van der Waals surface area (Å²) in [6, 6.07) is 12.9. The second-order valence-corrected chi connectivity index (χ2v) is 7.96. The van der Waals surface area contributed by atoms with Crippen LogP contribution in [0.3, 0.4) is 0 Å². The van der Waals surface area contributed by atoms with Gasteiger partial charge in [0.05, 0.1) is 5.52 Å². The van der Waals surface area contributed by atoms with Crippen LogP contribution < -0.4 is 11.1 Å². The number of oxazole rings is 1. The Morgan fingerprint density at radius 2 is 2.00 bits per heavy atom. The summed E-state index contributed by atoms with van der Waals surface area (Å²) in [5.74, 6) is -0.813. The zero-order valence-corrected chi connectivity index (χ0v) is 17.0. The molecule has 0 aliphatic carbocycles. The van der Waals surface area contributed by atoms with E-state index < -0.39 is 11.9 Å². The number of para-hydroxylation sites is 2. The first-order valence-corrected chi connectivity index (χ1v) is 10.5. The number of carbonyl (C=O) groups is 2. The van der Waals surface area contributed by atoms with Gasteiger partial charge >= 0.3 is 5.76 Å². The van der Waals surface area contributed by atoms with Crippen molar-refractivity contribution in [3.63, 3.8) is 0 Å². The predicted octanol–water partition coefficient (Wildman–Crippen LogP) is 2.30. The van der Waals surface area contributed by atoms with Gasteiger partial charge in [-0.05, 0) is 54.7 Å². The van der Waals surface area contributed by atoms with E-state index in [0.717, 1.165) is 30.4 Å². The first-order valence-electron chi connectivity index (χ1n) is 10.5. The molecule has 1 fully saturated rings. The van der Waals surface area contributed by atoms with Crippen LogP contribution >= 0.6 is 0 Å². The van der Waals surface area contributed by atoms with Crippen molar-refractivity contribution in [1.29, 1.82) is 0 Å². The minimum absolute atomic E-state index is 0.0688. The van der Waals surface area contributed by atoms with Crippen LogP contribution in [0.2, 0.25) is 0 Å². The molecule has 0 radical (unpaired) electrons. The number of aromatic nitrogens is 1. The average Bonchev–Trinajstić information content (AvgIpc) is 3.42. The number of hydrogen-bond acceptors (Lipinski definition) is 5. The summed E-state index contributed by atoms with van der Waals surface area (Å²) in [5, 5.41) is 2.92. The van der Waals surface area contributed by atoms with Crippen molar-refractivity contribution in [2.75, 3.05) is 18.5 Å². The highest BCUT2D eigenvalue weighted by atomic mass is 16.5. The Labute approximate surface area is 178 Å². The molecule has 0 saturated carbocycles. The number of rotatable bonds is 4. The van der Waals surface area contributed by atoms with Crippen molar-refractivity contribution >= 4 is 28.6 Å². The fraction of sp³-hybridized carbons (Fsp3) is 0.348. The number of ether oxygens (including phenoxy) is 1. The van der Waals surface area contributed by atoms with E-state index in [9.17, 15) is 14.4 Å². The van der Waals surface area contributed by atoms with Gasteiger partial charge in [0.25, 0.3) is 5.91 Å². The Kier molecular flexibility index (Phi) is 5.07. The van der Waals surface area contributed by atoms with E-state index >= 15 is 0 Å². The molecular weight excluding hydrogens is 398 g/mol. The number of benzene rings is 2. The molecule has 160 valence electrons. The lowest BCUT2D eigenvalue weighted by Crippen LogP contribution is -2.39. The van der Waals surface area contributed by atoms with Gasteiger partial charge in [-0.1, -0.05) is 18.2 Å². The standard InChI is InChI=1S/C23H23N3O5/c27-21(14-26-18-4-1-2-5-19(18)31-23(26)29)25-10-9-15-7-8-17(12-16(15)13-25)24-22(28)20-6-3-11-30-20/h1-2,4-5,7-8,12,20H,3,6,9-11,13-14H2,(H,24,28). The number of nitrogens with zero attached hydrogens (tertiary/aromatic N) is 2. The van der Waals surface area contributed by atoms with Gasteiger partial charge < -0.3 is 19.4 Å². The summed E-state index contributed by atoms with van der Waals surface area (Å²) in [6.45, 7) is 1.56. The molecule has 2 amide bonds. The maximum absolute atomic E-state index is 12.9. The topological polar surface area (TPSA) is 93.8 Å². The fourth-order valence-corrected chi connectivity index (χ4v) is 4.25. The summed E-state index contributed by atoms with van der Waals surface area (Å²) in [7, 11) is 0. The van der Waals surface area contributed by atoms with Gasteiger partial charge in [-0.25, -0.2) is 4.79 Å². The normalized spacial score (nSPS) is 18.2. The van der Waals surface area contributed by atoms with Gasteiger partial charge in [-0.2, -0.15) is 0 Å². The van der Waals surface area contributed by atoms with Crippen LogP contribution in [0.15, 0.2) is 51.7 Å². The summed E-state index contributed by atoms with van der Waals surface area (Å²) in [5.41, 5.74) is 3.93. The Morgan fingerprint density at radius 3 is 2.84 bits per heavy atom. The molecule has 2 aromatic carbocycles. The van der Waals surface area contributed by atoms with E-state index in [0.29, 0.717) is 36.5 Å². The Balaban J connectivity index is 1.30. The molecule has 8 heteroatoms. The van der Waals surface area contributed by atoms with Crippen molar-refractivity contribution in [2.24, 2.45) is 0 Å². The number of hydrogen-bond donors (Lipinski definition) is 1. The molecule has 2 aliphatic rings. The summed E-state index contributed by atoms with van der Waals surface area (Å²) < 4.78 is 12.0. The van der Waals surface area contributed by atoms with Crippen molar-refractivity contribution < 1.29 is 18.7 Å². The highest BCUT2D eigenvalue weighted by Crippen LogP contribution is 2.24. The largest absolute Gasteiger partial charge is 0.420 e. The van der Waals surface area contributed by atoms with Crippen molar-refractivity contribution in [3.05, 3.63) is 64.1 Å². The number of nitrogens with one attached hydrogen (secondary N) is 1. The van der Waals surface area contributed by atoms with Gasteiger partial charge in [0, 0.05) is 25.4 Å². The van der Waals surface area contributed by atoms with Gasteiger partial charge in [-0.15, -0.1) is 0 Å². The van der Waals surface area contributed by atoms with Crippen molar-refractivity contribution in [3.8, 4) is 0 Å². The van der Waals surface area contributed by atoms with Crippen LogP contribution in [0.5, 0.6) is 0 Å². The van der Waals surface area contributed by atoms with Crippen molar-refractivity contribution in [2.45, 2.75) is 38.5 Å². The molecular formula is C23H23N3O5. The molecule has 1 N–H and O–H groups in total. The van der Waals surface area contributed by atoms with Gasteiger partial charge in [0.2, 0.25) is 5.91 Å². The number of fused-ring (bicyclic) bond motifs is 2. The molecule has 5 rings (SSSR count). The zero-order valence-electron chi connectivity index (χ0n) is 17.0. The molecule has 1 saturated heterocycles. The second-order valence-electron chi connectivity index (χ2n) is 7.96. The van der Waals surface area contributed by atoms with Crippen LogP contribution in [0.1, 0.15) is 24.0 Å². The number of carbonyl (C=O) groups excluding carboxylic acids is 2. The Bertz CT molecular complexity index is 1210. The van der Waals surface area contributed by atoms with Crippen LogP contribution in [-0.4, -0.2) is 40.5 Å². The lowest BCUT2D eigenvalue weighted by atomic mass is 9.99. The molecule has 1 unspecified atom stereocenters. The third-order valence-corrected chi connectivity index (χ3v) is 5.93. The molecule has 8 nitrogen and oxygen atoms in total. The van der Waals surface area contributed by atoms with E-state index in [-0.39, 0.29) is 18.4 Å². The van der Waals surface area contributed by atoms with Crippen LogP contribution in [0, 0.1) is 0 Å². The van der Waals surface area contributed by atoms with E-state index in [1.165, 1.54) is 4.57 Å². The van der Waals surface area contributed by atoms with E-state index in [1.54, 1.807) is 23.1 Å². The maximum Gasteiger partial charge on any atom is 0.420 e. The molecule has 1 atom stereocenters. The number of anilines is 1. The second kappa shape index (κ2) is 8.03. The smallest absolute Gasteiger partial charge is 0.408 e. The fourth-order valence-electron chi connectivity index (χ4n) is 4.25. The summed E-state index contributed by atoms with van der Waals surface area (Å²) in [4.78, 5) is 39.2. The third kappa shape index (κ3) is 3.86. The maximum atomic E-state index is 12.9. The minimum Gasteiger partial charge on any atom is -0.408 e. The SMILES string of the molecule is O=C(Nc1ccc2c(c1)CN(C(=O)Cn1c(=O)oc3ccccc31)CC2)C1CCCO1. The summed E-state index contributed by atoms with van der Waals surface area (Å²) >= 11 is 0. The molecule has 0 bridgehead atoms. The molecule has 0 spiro atoms. The van der Waals surface area contributed by atoms with Crippen LogP contribution in [-0.2, 0) is 33.8 Å². The van der Waals surface area contributed by atoms with Gasteiger partial charge in [0.15, 0.2) is 5.58 Å². The zero-order chi connectivity index (χ0) is 21.4. The van der Waals surface area contributed by atoms with E-state index in [1.807, 2.05) is 24.3 Å². The highest BCUT2D eigenvalue weighted by Gasteiger charge is 2.25. The Morgan fingerprint density at radius 1 is 1.13 bits per heavy atom. The molecule has 2 aliphatic heterocycles. The molecule has 1 aromatic heterocycles. The first kappa shape index (κ1) is 19.6. The van der Waals surface area contributed by atoms with Crippen LogP contribution in [0.4, 0.5) is 5.69 Å². The monoisotopic (exact) mass is 421 g/mol. The summed E-state index contributed by atoms with van der Waals surface area (Å²) in [6.07, 6.45) is 1.97. The molecule has 3 heterocycles. The lowest BCUT2D eigenvalue weighted by Gasteiger charge is -2.29. The third-order valence-electron chi connectivity index (χ3n) is 5.93. The van der Waals surface area contributed by atoms with Gasteiger partial charge in [-0.3, -0.25) is 14.2 Å². The van der Waals surface area contributed by atoms with Crippen LogP contribution in [0.25, 0.3) is 11.1 Å². The number of amides is 2. The minimum atomic E-state index is -0.536. The van der Waals surface area contributed by atoms with E-state index in [2.05, 4.69) is 5.32 Å². The predicted molar refractivity (Wildman–Crippen MR) is 114 cm³/mol. The molecule has 31 heavy (non-hydrogen) atoms. The average molecular weight is 421 g/mol. The first-order chi connectivity index (χ1) is 15.1. The van der Waals surface area contributed by atoms with E-state index in [4.69, 9.17) is 9.15 Å². The van der Waals surface area contributed by atoms with Gasteiger partial charge in [0.1, 0.15) is 12.6 Å².